The van der Waals surface area contributed by atoms with Crippen molar-refractivity contribution in [1.82, 2.24) is 9.78 Å². The number of nitrogens with two attached hydrogens (primary N) is 1. The first-order chi connectivity index (χ1) is 7.50. The number of hydrogen-bond donors (Lipinski definition) is 1. The van der Waals surface area contributed by atoms with Crippen molar-refractivity contribution in [2.75, 3.05) is 5.73 Å². The van der Waals surface area contributed by atoms with E-state index in [4.69, 9.17) is 21.8 Å². The highest BCUT2D eigenvalue weighted by Crippen LogP contribution is 2.29. The number of aromatic nitrogens is 2. The number of hydrogen-bond acceptors (Lipinski definition) is 3. The van der Waals surface area contributed by atoms with Crippen LogP contribution in [-0.4, -0.2) is 9.78 Å². The van der Waals surface area contributed by atoms with E-state index in [0.717, 1.165) is 11.5 Å². The molecule has 0 aliphatic rings. The van der Waals surface area contributed by atoms with Crippen LogP contribution < -0.4 is 5.73 Å². The van der Waals surface area contributed by atoms with Gasteiger partial charge in [0.2, 0.25) is 0 Å². The highest BCUT2D eigenvalue weighted by Gasteiger charge is 2.18. The molecule has 0 bridgehead atoms. The van der Waals surface area contributed by atoms with Crippen LogP contribution in [0.2, 0.25) is 5.02 Å². The molecular formula is C10H11BrClN3O. The summed E-state index contributed by atoms with van der Waals surface area (Å²) in [6, 6.07) is 3.62. The Bertz CT molecular complexity index is 520. The minimum absolute atomic E-state index is 0.0856. The van der Waals surface area contributed by atoms with E-state index in [-0.39, 0.29) is 6.04 Å². The van der Waals surface area contributed by atoms with E-state index < -0.39 is 0 Å². The zero-order chi connectivity index (χ0) is 11.9. The van der Waals surface area contributed by atoms with Crippen LogP contribution in [0.25, 0.3) is 0 Å². The van der Waals surface area contributed by atoms with Gasteiger partial charge in [-0.05, 0) is 41.9 Å². The molecule has 86 valence electrons. The molecular weight excluding hydrogens is 293 g/mol. The molecule has 6 heteroatoms. The molecule has 0 saturated heterocycles. The van der Waals surface area contributed by atoms with Crippen LogP contribution in [0.4, 0.5) is 5.82 Å². The van der Waals surface area contributed by atoms with Crippen LogP contribution in [0.5, 0.6) is 0 Å². The lowest BCUT2D eigenvalue weighted by molar-refractivity contribution is 0.415. The number of furan rings is 1. The van der Waals surface area contributed by atoms with Crippen molar-refractivity contribution < 1.29 is 4.42 Å². The fraction of sp³-hybridized carbons (Fsp3) is 0.300. The number of anilines is 1. The highest BCUT2D eigenvalue weighted by molar-refractivity contribution is 9.10. The third-order valence-corrected chi connectivity index (χ3v) is 3.31. The van der Waals surface area contributed by atoms with E-state index in [9.17, 15) is 0 Å². The molecule has 16 heavy (non-hydrogen) atoms. The van der Waals surface area contributed by atoms with E-state index >= 15 is 0 Å². The fourth-order valence-electron chi connectivity index (χ4n) is 1.51. The molecule has 4 nitrogen and oxygen atoms in total. The molecule has 2 aromatic heterocycles. The summed E-state index contributed by atoms with van der Waals surface area (Å²) in [4.78, 5) is 0. The molecule has 0 aromatic carbocycles. The topological polar surface area (TPSA) is 57.0 Å². The van der Waals surface area contributed by atoms with Gasteiger partial charge in [-0.25, -0.2) is 4.68 Å². The SMILES string of the molecule is Cc1nn(C(C)c2ccc(Br)o2)c(N)c1Cl. The zero-order valence-corrected chi connectivity index (χ0v) is 11.2. The number of aryl methyl sites for hydroxylation is 1. The second-order valence-corrected chi connectivity index (χ2v) is 4.71. The van der Waals surface area contributed by atoms with Gasteiger partial charge in [-0.1, -0.05) is 11.6 Å². The minimum atomic E-state index is -0.0856. The molecule has 0 spiro atoms. The van der Waals surface area contributed by atoms with Gasteiger partial charge < -0.3 is 10.2 Å². The summed E-state index contributed by atoms with van der Waals surface area (Å²) >= 11 is 9.24. The van der Waals surface area contributed by atoms with Crippen LogP contribution >= 0.6 is 27.5 Å². The standard InChI is InChI=1S/C10H11BrClN3O/c1-5-9(12)10(13)15(14-5)6(2)7-3-4-8(11)16-7/h3-4,6H,13H2,1-2H3. The maximum absolute atomic E-state index is 5.99. The average Bonchev–Trinajstić information content (AvgIpc) is 2.78. The maximum atomic E-state index is 5.99. The fourth-order valence-corrected chi connectivity index (χ4v) is 1.96. The molecule has 1 unspecified atom stereocenters. The molecule has 0 aliphatic heterocycles. The van der Waals surface area contributed by atoms with E-state index in [1.807, 2.05) is 26.0 Å². The molecule has 0 amide bonds. The van der Waals surface area contributed by atoms with Crippen LogP contribution in [-0.2, 0) is 0 Å². The van der Waals surface area contributed by atoms with Crippen molar-refractivity contribution in [3.8, 4) is 0 Å². The lowest BCUT2D eigenvalue weighted by Gasteiger charge is -2.10. The van der Waals surface area contributed by atoms with Gasteiger partial charge in [-0.15, -0.1) is 0 Å². The first-order valence-corrected chi connectivity index (χ1v) is 5.93. The van der Waals surface area contributed by atoms with E-state index in [0.29, 0.717) is 15.5 Å². The van der Waals surface area contributed by atoms with E-state index in [2.05, 4.69) is 21.0 Å². The van der Waals surface area contributed by atoms with Gasteiger partial charge in [-0.3, -0.25) is 0 Å². The Morgan fingerprint density at radius 1 is 1.56 bits per heavy atom. The molecule has 0 fully saturated rings. The summed E-state index contributed by atoms with van der Waals surface area (Å²) in [7, 11) is 0. The molecule has 0 saturated carbocycles. The van der Waals surface area contributed by atoms with Crippen molar-refractivity contribution in [2.24, 2.45) is 0 Å². The number of nitrogens with zero attached hydrogens (tertiary/aromatic N) is 2. The predicted molar refractivity (Wildman–Crippen MR) is 66.6 cm³/mol. The summed E-state index contributed by atoms with van der Waals surface area (Å²) < 4.78 is 7.80. The van der Waals surface area contributed by atoms with Gasteiger partial charge in [0.25, 0.3) is 0 Å². The quantitative estimate of drug-likeness (QED) is 0.925. The summed E-state index contributed by atoms with van der Waals surface area (Å²) in [5, 5.41) is 4.78. The van der Waals surface area contributed by atoms with Crippen molar-refractivity contribution >= 4 is 33.3 Å². The van der Waals surface area contributed by atoms with E-state index in [1.54, 1.807) is 4.68 Å². The van der Waals surface area contributed by atoms with Gasteiger partial charge in [0.15, 0.2) is 4.67 Å². The van der Waals surface area contributed by atoms with Gasteiger partial charge in [-0.2, -0.15) is 5.10 Å². The summed E-state index contributed by atoms with van der Waals surface area (Å²) in [6.45, 7) is 3.77. The number of halogens is 2. The van der Waals surface area contributed by atoms with Crippen LogP contribution in [0.3, 0.4) is 0 Å². The lowest BCUT2D eigenvalue weighted by Crippen LogP contribution is -2.10. The Kier molecular flexibility index (Phi) is 2.99. The largest absolute Gasteiger partial charge is 0.452 e. The normalized spacial score (nSPS) is 13.0. The summed E-state index contributed by atoms with van der Waals surface area (Å²) in [5.41, 5.74) is 6.58. The average molecular weight is 305 g/mol. The third kappa shape index (κ3) is 1.85. The summed E-state index contributed by atoms with van der Waals surface area (Å²) in [6.07, 6.45) is 0. The molecule has 0 radical (unpaired) electrons. The Labute approximate surface area is 106 Å². The third-order valence-electron chi connectivity index (χ3n) is 2.42. The van der Waals surface area contributed by atoms with E-state index in [1.165, 1.54) is 0 Å². The Balaban J connectivity index is 2.41. The number of rotatable bonds is 2. The minimum Gasteiger partial charge on any atom is -0.452 e. The second kappa shape index (κ2) is 4.14. The maximum Gasteiger partial charge on any atom is 0.169 e. The number of nitrogen functional groups attached to an aromatic ring is 1. The van der Waals surface area contributed by atoms with Crippen LogP contribution in [0.15, 0.2) is 21.2 Å². The second-order valence-electron chi connectivity index (χ2n) is 3.55. The Morgan fingerprint density at radius 3 is 2.69 bits per heavy atom. The van der Waals surface area contributed by atoms with Crippen molar-refractivity contribution in [3.63, 3.8) is 0 Å². The summed E-state index contributed by atoms with van der Waals surface area (Å²) in [5.74, 6) is 1.23. The molecule has 0 aliphatic carbocycles. The predicted octanol–water partition coefficient (Wildman–Crippen LogP) is 3.39. The Morgan fingerprint density at radius 2 is 2.25 bits per heavy atom. The first-order valence-electron chi connectivity index (χ1n) is 4.76. The first kappa shape index (κ1) is 11.5. The van der Waals surface area contributed by atoms with Gasteiger partial charge in [0, 0.05) is 0 Å². The zero-order valence-electron chi connectivity index (χ0n) is 8.87. The molecule has 2 heterocycles. The van der Waals surface area contributed by atoms with Crippen LogP contribution in [0.1, 0.15) is 24.4 Å². The lowest BCUT2D eigenvalue weighted by atomic mass is 10.2. The van der Waals surface area contributed by atoms with Gasteiger partial charge >= 0.3 is 0 Å². The molecule has 2 aromatic rings. The van der Waals surface area contributed by atoms with Crippen molar-refractivity contribution in [2.45, 2.75) is 19.9 Å². The van der Waals surface area contributed by atoms with Gasteiger partial charge in [0.1, 0.15) is 22.6 Å². The highest BCUT2D eigenvalue weighted by atomic mass is 79.9. The monoisotopic (exact) mass is 303 g/mol. The van der Waals surface area contributed by atoms with Crippen LogP contribution in [0, 0.1) is 6.92 Å². The Hall–Kier alpha value is -0.940. The van der Waals surface area contributed by atoms with Crippen molar-refractivity contribution in [1.29, 1.82) is 0 Å². The van der Waals surface area contributed by atoms with Crippen molar-refractivity contribution in [3.05, 3.63) is 33.3 Å². The molecule has 2 rings (SSSR count). The smallest absolute Gasteiger partial charge is 0.169 e. The van der Waals surface area contributed by atoms with Gasteiger partial charge in [0.05, 0.1) is 5.69 Å². The molecule has 1 atom stereocenters. The molecule has 2 N–H and O–H groups in total.